The van der Waals surface area contributed by atoms with Gasteiger partial charge < -0.3 is 0 Å². The number of rotatable bonds is 3. The van der Waals surface area contributed by atoms with Crippen molar-refractivity contribution in [3.8, 4) is 0 Å². The summed E-state index contributed by atoms with van der Waals surface area (Å²) in [7, 11) is -0.940. The van der Waals surface area contributed by atoms with Gasteiger partial charge in [-0.25, -0.2) is 8.93 Å². The Balaban J connectivity index is 2.49. The zero-order valence-corrected chi connectivity index (χ0v) is 14.3. The second kappa shape index (κ2) is 7.78. The monoisotopic (exact) mass is 287 g/mol. The van der Waals surface area contributed by atoms with Crippen molar-refractivity contribution in [1.29, 1.82) is 0 Å². The van der Waals surface area contributed by atoms with E-state index in [1.54, 1.807) is 0 Å². The maximum absolute atomic E-state index is 12.2. The summed E-state index contributed by atoms with van der Waals surface area (Å²) in [6.07, 6.45) is 9.38. The van der Waals surface area contributed by atoms with Gasteiger partial charge in [-0.05, 0) is 52.4 Å². The topological polar surface area (TPSA) is 29.1 Å². The molecule has 0 aromatic rings. The van der Waals surface area contributed by atoms with E-state index in [1.807, 2.05) is 20.8 Å². The lowest BCUT2D eigenvalue weighted by molar-refractivity contribution is 0.351. The van der Waals surface area contributed by atoms with Crippen LogP contribution in [0, 0.1) is 11.8 Å². The SMILES string of the molecule is CC1CCCCC(C(C)NS(=O)C(C)(C)C)CCC1. The molecule has 0 heterocycles. The van der Waals surface area contributed by atoms with Crippen LogP contribution >= 0.6 is 0 Å². The van der Waals surface area contributed by atoms with Crippen molar-refractivity contribution in [2.45, 2.75) is 90.4 Å². The first-order chi connectivity index (χ1) is 8.80. The molecule has 19 heavy (non-hydrogen) atoms. The van der Waals surface area contributed by atoms with Crippen LogP contribution in [0.2, 0.25) is 0 Å². The third-order valence-electron chi connectivity index (χ3n) is 4.35. The molecular weight excluding hydrogens is 254 g/mol. The van der Waals surface area contributed by atoms with Gasteiger partial charge >= 0.3 is 0 Å². The summed E-state index contributed by atoms with van der Waals surface area (Å²) in [6, 6.07) is 0.369. The first-order valence-electron chi connectivity index (χ1n) is 7.98. The van der Waals surface area contributed by atoms with Crippen LogP contribution in [0.3, 0.4) is 0 Å². The fourth-order valence-corrected chi connectivity index (χ4v) is 3.74. The Kier molecular flexibility index (Phi) is 7.02. The molecule has 0 aromatic carbocycles. The molecule has 0 amide bonds. The Morgan fingerprint density at radius 3 is 2.21 bits per heavy atom. The highest BCUT2D eigenvalue weighted by Gasteiger charge is 2.25. The highest BCUT2D eigenvalue weighted by atomic mass is 32.2. The van der Waals surface area contributed by atoms with Gasteiger partial charge in [-0.3, -0.25) is 0 Å². The molecule has 2 nitrogen and oxygen atoms in total. The van der Waals surface area contributed by atoms with E-state index in [-0.39, 0.29) is 4.75 Å². The van der Waals surface area contributed by atoms with Crippen LogP contribution in [0.1, 0.15) is 79.6 Å². The number of hydrogen-bond acceptors (Lipinski definition) is 1. The average Bonchev–Trinajstić information content (AvgIpc) is 2.40. The molecule has 1 aliphatic carbocycles. The molecular formula is C16H33NOS. The van der Waals surface area contributed by atoms with E-state index in [2.05, 4.69) is 18.6 Å². The minimum absolute atomic E-state index is 0.165. The first-order valence-corrected chi connectivity index (χ1v) is 9.13. The Bertz CT molecular complexity index is 285. The molecule has 0 aliphatic heterocycles. The van der Waals surface area contributed by atoms with Gasteiger partial charge in [0, 0.05) is 6.04 Å². The molecule has 0 aromatic heterocycles. The summed E-state index contributed by atoms with van der Waals surface area (Å²) < 4.78 is 15.4. The predicted octanol–water partition coefficient (Wildman–Crippen LogP) is 4.42. The zero-order chi connectivity index (χ0) is 14.5. The Morgan fingerprint density at radius 2 is 1.58 bits per heavy atom. The summed E-state index contributed by atoms with van der Waals surface area (Å²) >= 11 is 0. The van der Waals surface area contributed by atoms with Gasteiger partial charge in [0.25, 0.3) is 0 Å². The Labute approximate surface area is 122 Å². The van der Waals surface area contributed by atoms with E-state index in [4.69, 9.17) is 0 Å². The maximum Gasteiger partial charge on any atom is 0.0972 e. The largest absolute Gasteiger partial charge is 0.242 e. The fourth-order valence-electron chi connectivity index (χ4n) is 2.86. The zero-order valence-electron chi connectivity index (χ0n) is 13.5. The lowest BCUT2D eigenvalue weighted by Crippen LogP contribution is -2.41. The minimum Gasteiger partial charge on any atom is -0.242 e. The molecule has 3 heteroatoms. The number of hydrogen-bond donors (Lipinski definition) is 1. The van der Waals surface area contributed by atoms with Gasteiger partial charge in [-0.1, -0.05) is 39.0 Å². The van der Waals surface area contributed by atoms with Gasteiger partial charge in [0.2, 0.25) is 0 Å². The molecule has 0 bridgehead atoms. The van der Waals surface area contributed by atoms with Crippen molar-refractivity contribution >= 4 is 11.0 Å². The Morgan fingerprint density at radius 1 is 1.05 bits per heavy atom. The molecule has 114 valence electrons. The predicted molar refractivity (Wildman–Crippen MR) is 85.5 cm³/mol. The van der Waals surface area contributed by atoms with Crippen LogP contribution < -0.4 is 4.72 Å². The second-order valence-corrected chi connectivity index (χ2v) is 9.37. The molecule has 0 spiro atoms. The minimum atomic E-state index is -0.940. The van der Waals surface area contributed by atoms with Crippen molar-refractivity contribution in [2.24, 2.45) is 11.8 Å². The Hall–Kier alpha value is 0.110. The molecule has 1 fully saturated rings. The van der Waals surface area contributed by atoms with Crippen LogP contribution in [0.15, 0.2) is 0 Å². The molecule has 4 unspecified atom stereocenters. The van der Waals surface area contributed by atoms with Gasteiger partial charge in [0.05, 0.1) is 15.7 Å². The lowest BCUT2D eigenvalue weighted by atomic mass is 9.91. The molecule has 1 N–H and O–H groups in total. The molecule has 4 atom stereocenters. The third-order valence-corrected chi connectivity index (χ3v) is 6.05. The molecule has 1 aliphatic rings. The van der Waals surface area contributed by atoms with Crippen LogP contribution in [-0.2, 0) is 11.0 Å². The highest BCUT2D eigenvalue weighted by Crippen LogP contribution is 2.27. The second-order valence-electron chi connectivity index (χ2n) is 7.37. The van der Waals surface area contributed by atoms with Crippen LogP contribution in [0.25, 0.3) is 0 Å². The van der Waals surface area contributed by atoms with Gasteiger partial charge in [0.1, 0.15) is 0 Å². The van der Waals surface area contributed by atoms with Crippen molar-refractivity contribution < 1.29 is 4.21 Å². The standard InChI is InChI=1S/C16H33NOS/c1-13-9-6-7-11-15(12-8-10-13)14(2)17-19(18)16(3,4)5/h13-15,17H,6-12H2,1-5H3. The highest BCUT2D eigenvalue weighted by molar-refractivity contribution is 7.84. The summed E-state index contributed by atoms with van der Waals surface area (Å²) in [4.78, 5) is 0. The maximum atomic E-state index is 12.2. The van der Waals surface area contributed by atoms with Gasteiger partial charge in [-0.15, -0.1) is 0 Å². The third kappa shape index (κ3) is 6.40. The fraction of sp³-hybridized carbons (Fsp3) is 1.00. The average molecular weight is 288 g/mol. The van der Waals surface area contributed by atoms with Gasteiger partial charge in [0.15, 0.2) is 0 Å². The normalized spacial score (nSPS) is 29.9. The summed E-state index contributed by atoms with van der Waals surface area (Å²) in [6.45, 7) is 10.7. The van der Waals surface area contributed by atoms with E-state index in [0.717, 1.165) is 5.92 Å². The van der Waals surface area contributed by atoms with E-state index < -0.39 is 11.0 Å². The first kappa shape index (κ1) is 17.2. The quantitative estimate of drug-likeness (QED) is 0.818. The van der Waals surface area contributed by atoms with E-state index >= 15 is 0 Å². The molecule has 1 saturated carbocycles. The number of nitrogens with one attached hydrogen (secondary N) is 1. The summed E-state index contributed by atoms with van der Waals surface area (Å²) in [5, 5.41) is 0. The van der Waals surface area contributed by atoms with Crippen molar-refractivity contribution in [3.05, 3.63) is 0 Å². The van der Waals surface area contributed by atoms with Crippen molar-refractivity contribution in [3.63, 3.8) is 0 Å². The van der Waals surface area contributed by atoms with Crippen LogP contribution in [-0.4, -0.2) is 15.0 Å². The van der Waals surface area contributed by atoms with Crippen molar-refractivity contribution in [2.75, 3.05) is 0 Å². The van der Waals surface area contributed by atoms with Crippen LogP contribution in [0.4, 0.5) is 0 Å². The van der Waals surface area contributed by atoms with E-state index in [1.165, 1.54) is 44.9 Å². The van der Waals surface area contributed by atoms with E-state index in [9.17, 15) is 4.21 Å². The summed E-state index contributed by atoms with van der Waals surface area (Å²) in [5.41, 5.74) is 0. The van der Waals surface area contributed by atoms with E-state index in [0.29, 0.717) is 12.0 Å². The molecule has 0 radical (unpaired) electrons. The van der Waals surface area contributed by atoms with Gasteiger partial charge in [-0.2, -0.15) is 0 Å². The molecule has 1 rings (SSSR count). The van der Waals surface area contributed by atoms with Crippen molar-refractivity contribution in [1.82, 2.24) is 4.72 Å². The lowest BCUT2D eigenvalue weighted by Gasteiger charge is -2.28. The summed E-state index contributed by atoms with van der Waals surface area (Å²) in [5.74, 6) is 1.59. The smallest absolute Gasteiger partial charge is 0.0972 e. The molecule has 0 saturated heterocycles. The van der Waals surface area contributed by atoms with Crippen LogP contribution in [0.5, 0.6) is 0 Å².